The quantitative estimate of drug-likeness (QED) is 0.736. The number of hydrogen-bond acceptors (Lipinski definition) is 4. The second-order valence-electron chi connectivity index (χ2n) is 4.70. The van der Waals surface area contributed by atoms with Crippen LogP contribution in [0.15, 0.2) is 0 Å². The predicted octanol–water partition coefficient (Wildman–Crippen LogP) is 1.52. The smallest absolute Gasteiger partial charge is 0.325 e. The van der Waals surface area contributed by atoms with Gasteiger partial charge in [0.2, 0.25) is 5.91 Å². The van der Waals surface area contributed by atoms with E-state index in [-0.39, 0.29) is 16.9 Å². The molecule has 5 nitrogen and oxygen atoms in total. The molecule has 0 rings (SSSR count). The molecular weight excluding hydrogens is 254 g/mol. The molecule has 0 saturated carbocycles. The Morgan fingerprint density at radius 3 is 2.17 bits per heavy atom. The highest BCUT2D eigenvalue weighted by atomic mass is 32.2. The number of aliphatic carboxylic acids is 1. The molecule has 0 unspecified atom stereocenters. The Hall–Kier alpha value is -1.04. The third kappa shape index (κ3) is 7.32. The van der Waals surface area contributed by atoms with Gasteiger partial charge in [-0.05, 0) is 19.3 Å². The molecule has 0 fully saturated rings. The van der Waals surface area contributed by atoms with E-state index < -0.39 is 12.0 Å². The molecule has 0 radical (unpaired) electrons. The molecule has 104 valence electrons. The summed E-state index contributed by atoms with van der Waals surface area (Å²) in [6, 6.07) is -0.908. The van der Waals surface area contributed by atoms with E-state index in [0.29, 0.717) is 18.1 Å². The maximum Gasteiger partial charge on any atom is 0.325 e. The van der Waals surface area contributed by atoms with Gasteiger partial charge in [0.15, 0.2) is 5.12 Å². The van der Waals surface area contributed by atoms with Crippen molar-refractivity contribution in [2.24, 2.45) is 11.8 Å². The topological polar surface area (TPSA) is 83.5 Å². The lowest BCUT2D eigenvalue weighted by Crippen LogP contribution is -2.42. The van der Waals surface area contributed by atoms with E-state index in [1.54, 1.807) is 0 Å². The SMILES string of the molecule is CC(=O)SC[C@@H](CC(C)C)C(=O)N[C@@H](C)C(=O)O. The summed E-state index contributed by atoms with van der Waals surface area (Å²) in [4.78, 5) is 33.5. The third-order valence-electron chi connectivity index (χ3n) is 2.34. The van der Waals surface area contributed by atoms with Crippen LogP contribution in [-0.2, 0) is 14.4 Å². The molecule has 0 aliphatic carbocycles. The van der Waals surface area contributed by atoms with Gasteiger partial charge < -0.3 is 10.4 Å². The van der Waals surface area contributed by atoms with Crippen LogP contribution in [-0.4, -0.2) is 33.9 Å². The summed E-state index contributed by atoms with van der Waals surface area (Å²) in [6.07, 6.45) is 0.637. The minimum absolute atomic E-state index is 0.0390. The molecule has 0 aromatic carbocycles. The maximum atomic E-state index is 11.9. The van der Waals surface area contributed by atoms with Gasteiger partial charge in [0.05, 0.1) is 0 Å². The summed E-state index contributed by atoms with van der Waals surface area (Å²) in [7, 11) is 0. The number of hydrogen-bond donors (Lipinski definition) is 2. The van der Waals surface area contributed by atoms with Crippen molar-refractivity contribution >= 4 is 28.8 Å². The number of amides is 1. The normalized spacial score (nSPS) is 14.1. The summed E-state index contributed by atoms with van der Waals surface area (Å²) in [5.41, 5.74) is 0. The fourth-order valence-corrected chi connectivity index (χ4v) is 2.15. The first kappa shape index (κ1) is 17.0. The molecule has 0 aliphatic heterocycles. The van der Waals surface area contributed by atoms with E-state index in [2.05, 4.69) is 5.32 Å². The minimum atomic E-state index is -1.06. The first-order valence-electron chi connectivity index (χ1n) is 5.90. The number of carboxylic acids is 1. The van der Waals surface area contributed by atoms with Crippen LogP contribution in [0.25, 0.3) is 0 Å². The minimum Gasteiger partial charge on any atom is -0.480 e. The van der Waals surface area contributed by atoms with Gasteiger partial charge in [-0.1, -0.05) is 25.6 Å². The van der Waals surface area contributed by atoms with Crippen LogP contribution in [0.2, 0.25) is 0 Å². The molecule has 6 heteroatoms. The second-order valence-corrected chi connectivity index (χ2v) is 5.89. The van der Waals surface area contributed by atoms with Gasteiger partial charge >= 0.3 is 5.97 Å². The zero-order valence-corrected chi connectivity index (χ0v) is 12.0. The monoisotopic (exact) mass is 275 g/mol. The van der Waals surface area contributed by atoms with E-state index in [1.807, 2.05) is 13.8 Å². The van der Waals surface area contributed by atoms with Crippen LogP contribution < -0.4 is 5.32 Å². The molecular formula is C12H21NO4S. The van der Waals surface area contributed by atoms with Crippen LogP contribution in [0, 0.1) is 11.8 Å². The van der Waals surface area contributed by atoms with Crippen LogP contribution >= 0.6 is 11.8 Å². The molecule has 0 saturated heterocycles. The number of carboxylic acid groups (broad SMARTS) is 1. The van der Waals surface area contributed by atoms with E-state index in [1.165, 1.54) is 13.8 Å². The second kappa shape index (κ2) is 8.13. The fourth-order valence-electron chi connectivity index (χ4n) is 1.43. The zero-order valence-electron chi connectivity index (χ0n) is 11.2. The van der Waals surface area contributed by atoms with Crippen molar-refractivity contribution in [2.45, 2.75) is 40.2 Å². The van der Waals surface area contributed by atoms with Gasteiger partial charge in [-0.3, -0.25) is 14.4 Å². The average molecular weight is 275 g/mol. The van der Waals surface area contributed by atoms with Gasteiger partial charge in [0, 0.05) is 18.6 Å². The highest BCUT2D eigenvalue weighted by Gasteiger charge is 2.23. The van der Waals surface area contributed by atoms with Crippen molar-refractivity contribution in [3.8, 4) is 0 Å². The summed E-state index contributed by atoms with van der Waals surface area (Å²) >= 11 is 1.10. The van der Waals surface area contributed by atoms with Crippen molar-refractivity contribution < 1.29 is 19.5 Å². The average Bonchev–Trinajstić information content (AvgIpc) is 2.22. The number of carbonyl (C=O) groups is 3. The van der Waals surface area contributed by atoms with Gasteiger partial charge in [-0.15, -0.1) is 0 Å². The van der Waals surface area contributed by atoms with E-state index >= 15 is 0 Å². The van der Waals surface area contributed by atoms with Crippen molar-refractivity contribution in [2.75, 3.05) is 5.75 Å². The van der Waals surface area contributed by atoms with E-state index in [4.69, 9.17) is 5.11 Å². The van der Waals surface area contributed by atoms with Crippen molar-refractivity contribution in [3.05, 3.63) is 0 Å². The Kier molecular flexibility index (Phi) is 7.66. The molecule has 0 heterocycles. The third-order valence-corrected chi connectivity index (χ3v) is 3.32. The standard InChI is InChI=1S/C12H21NO4S/c1-7(2)5-10(6-18-9(4)14)11(15)13-8(3)12(16)17/h7-8,10H,5-6H2,1-4H3,(H,13,15)(H,16,17)/t8-,10+/m0/s1. The van der Waals surface area contributed by atoms with Gasteiger partial charge in [-0.2, -0.15) is 0 Å². The Morgan fingerprint density at radius 2 is 1.78 bits per heavy atom. The highest BCUT2D eigenvalue weighted by Crippen LogP contribution is 2.18. The van der Waals surface area contributed by atoms with Crippen LogP contribution in [0.1, 0.15) is 34.1 Å². The van der Waals surface area contributed by atoms with Crippen molar-refractivity contribution in [1.82, 2.24) is 5.32 Å². The molecule has 0 bridgehead atoms. The summed E-state index contributed by atoms with van der Waals surface area (Å²) in [6.45, 7) is 6.85. The highest BCUT2D eigenvalue weighted by molar-refractivity contribution is 8.13. The molecule has 0 aromatic heterocycles. The first-order valence-corrected chi connectivity index (χ1v) is 6.89. The Morgan fingerprint density at radius 1 is 1.22 bits per heavy atom. The van der Waals surface area contributed by atoms with Crippen molar-refractivity contribution in [3.63, 3.8) is 0 Å². The van der Waals surface area contributed by atoms with Gasteiger partial charge in [-0.25, -0.2) is 0 Å². The Labute approximate surface area is 112 Å². The lowest BCUT2D eigenvalue weighted by molar-refractivity contribution is -0.141. The Bertz CT molecular complexity index is 317. The fraction of sp³-hybridized carbons (Fsp3) is 0.750. The molecule has 0 spiro atoms. The summed E-state index contributed by atoms with van der Waals surface area (Å²) < 4.78 is 0. The first-order chi connectivity index (χ1) is 8.23. The predicted molar refractivity (Wildman–Crippen MR) is 71.3 cm³/mol. The van der Waals surface area contributed by atoms with E-state index in [0.717, 1.165) is 11.8 Å². The molecule has 0 aliphatic rings. The summed E-state index contributed by atoms with van der Waals surface area (Å²) in [5.74, 6) is -0.988. The van der Waals surface area contributed by atoms with Crippen LogP contribution in [0.3, 0.4) is 0 Å². The number of thioether (sulfide) groups is 1. The van der Waals surface area contributed by atoms with Crippen LogP contribution in [0.4, 0.5) is 0 Å². The number of rotatable bonds is 7. The molecule has 0 aromatic rings. The lowest BCUT2D eigenvalue weighted by Gasteiger charge is -2.19. The van der Waals surface area contributed by atoms with E-state index in [9.17, 15) is 14.4 Å². The van der Waals surface area contributed by atoms with Gasteiger partial charge in [0.25, 0.3) is 0 Å². The maximum absolute atomic E-state index is 11.9. The Balaban J connectivity index is 4.48. The largest absolute Gasteiger partial charge is 0.480 e. The summed E-state index contributed by atoms with van der Waals surface area (Å²) in [5, 5.41) is 11.1. The van der Waals surface area contributed by atoms with Gasteiger partial charge in [0.1, 0.15) is 6.04 Å². The van der Waals surface area contributed by atoms with Crippen LogP contribution in [0.5, 0.6) is 0 Å². The van der Waals surface area contributed by atoms with Crippen molar-refractivity contribution in [1.29, 1.82) is 0 Å². The number of carbonyl (C=O) groups excluding carboxylic acids is 2. The zero-order chi connectivity index (χ0) is 14.3. The molecule has 18 heavy (non-hydrogen) atoms. The molecule has 1 amide bonds. The number of nitrogens with one attached hydrogen (secondary N) is 1. The molecule has 2 N–H and O–H groups in total. The molecule has 2 atom stereocenters. The lowest BCUT2D eigenvalue weighted by atomic mass is 9.98.